The number of ether oxygens (including phenoxy) is 1. The van der Waals surface area contributed by atoms with Gasteiger partial charge in [-0.2, -0.15) is 5.10 Å². The molecule has 3 nitrogen and oxygen atoms in total. The minimum atomic E-state index is -4.91. The molecule has 0 atom stereocenters. The van der Waals surface area contributed by atoms with Gasteiger partial charge < -0.3 is 4.74 Å². The molecular weight excluding hydrogens is 223 g/mol. The molecule has 0 radical (unpaired) electrons. The molecule has 0 bridgehead atoms. The zero-order valence-electron chi connectivity index (χ0n) is 7.55. The van der Waals surface area contributed by atoms with Crippen molar-refractivity contribution in [3.05, 3.63) is 11.8 Å². The van der Waals surface area contributed by atoms with Gasteiger partial charge in [0.2, 0.25) is 5.88 Å². The van der Waals surface area contributed by atoms with Gasteiger partial charge in [-0.25, -0.2) is 13.5 Å². The number of alkyl halides is 5. The van der Waals surface area contributed by atoms with E-state index in [4.69, 9.17) is 0 Å². The first-order chi connectivity index (χ1) is 6.79. The second kappa shape index (κ2) is 4.03. The van der Waals surface area contributed by atoms with Gasteiger partial charge >= 0.3 is 6.36 Å². The van der Waals surface area contributed by atoms with E-state index in [0.29, 0.717) is 4.68 Å². The second-order valence-corrected chi connectivity index (χ2v) is 2.75. The summed E-state index contributed by atoms with van der Waals surface area (Å²) in [5.74, 6) is -0.706. The minimum absolute atomic E-state index is 0.0491. The van der Waals surface area contributed by atoms with Gasteiger partial charge in [0.05, 0.1) is 6.20 Å². The van der Waals surface area contributed by atoms with Crippen molar-refractivity contribution in [3.8, 4) is 5.88 Å². The van der Waals surface area contributed by atoms with E-state index in [0.717, 1.165) is 6.20 Å². The molecule has 0 unspecified atom stereocenters. The van der Waals surface area contributed by atoms with Crippen molar-refractivity contribution >= 4 is 0 Å². The fourth-order valence-corrected chi connectivity index (χ4v) is 0.971. The van der Waals surface area contributed by atoms with Gasteiger partial charge in [-0.15, -0.1) is 13.2 Å². The molecule has 15 heavy (non-hydrogen) atoms. The van der Waals surface area contributed by atoms with Gasteiger partial charge in [0.15, 0.2) is 0 Å². The average Bonchev–Trinajstić information content (AvgIpc) is 2.32. The summed E-state index contributed by atoms with van der Waals surface area (Å²) >= 11 is 0. The van der Waals surface area contributed by atoms with Crippen molar-refractivity contribution in [2.75, 3.05) is 0 Å². The molecule has 1 heterocycles. The minimum Gasteiger partial charge on any atom is -0.388 e. The number of hydrogen-bond donors (Lipinski definition) is 0. The van der Waals surface area contributed by atoms with Crippen LogP contribution in [0.5, 0.6) is 5.88 Å². The molecule has 1 aromatic heterocycles. The first-order valence-electron chi connectivity index (χ1n) is 3.86. The molecule has 0 aromatic carbocycles. The number of nitrogens with zero attached hydrogens (tertiary/aromatic N) is 2. The summed E-state index contributed by atoms with van der Waals surface area (Å²) in [7, 11) is 0. The number of hydrogen-bond acceptors (Lipinski definition) is 2. The maximum Gasteiger partial charge on any atom is 0.574 e. The summed E-state index contributed by atoms with van der Waals surface area (Å²) in [4.78, 5) is 0. The van der Waals surface area contributed by atoms with Gasteiger partial charge in [-0.05, 0) is 6.92 Å². The number of aromatic nitrogens is 2. The number of halogens is 5. The lowest BCUT2D eigenvalue weighted by molar-refractivity contribution is -0.277. The van der Waals surface area contributed by atoms with Crippen LogP contribution in [0.3, 0.4) is 0 Å². The molecule has 0 aliphatic rings. The molecule has 1 aromatic rings. The molecule has 0 N–H and O–H groups in total. The Kier molecular flexibility index (Phi) is 3.15. The maximum absolute atomic E-state index is 11.9. The van der Waals surface area contributed by atoms with Crippen LogP contribution in [0, 0.1) is 6.92 Å². The Bertz CT molecular complexity index is 333. The second-order valence-electron chi connectivity index (χ2n) is 2.75. The lowest BCUT2D eigenvalue weighted by atomic mass is 10.4. The highest BCUT2D eigenvalue weighted by Crippen LogP contribution is 2.26. The fourth-order valence-electron chi connectivity index (χ4n) is 0.971. The standard InChI is InChI=1S/C7H7F5N2O/c1-4-2-13-14(3-5(8)9)6(4)15-7(10,11)12/h2,5H,3H2,1H3. The maximum atomic E-state index is 11.9. The van der Waals surface area contributed by atoms with Crippen molar-refractivity contribution in [1.29, 1.82) is 0 Å². The highest BCUT2D eigenvalue weighted by atomic mass is 19.4. The summed E-state index contributed by atoms with van der Waals surface area (Å²) in [6, 6.07) is 0. The van der Waals surface area contributed by atoms with Crippen LogP contribution in [0.4, 0.5) is 22.0 Å². The average molecular weight is 230 g/mol. The Morgan fingerprint density at radius 1 is 1.47 bits per heavy atom. The Balaban J connectivity index is 2.89. The van der Waals surface area contributed by atoms with E-state index in [1.165, 1.54) is 6.92 Å². The van der Waals surface area contributed by atoms with Gasteiger partial charge in [0.1, 0.15) is 6.54 Å². The van der Waals surface area contributed by atoms with Gasteiger partial charge in [-0.3, -0.25) is 0 Å². The Morgan fingerprint density at radius 3 is 2.53 bits per heavy atom. The van der Waals surface area contributed by atoms with E-state index in [-0.39, 0.29) is 5.56 Å². The van der Waals surface area contributed by atoms with E-state index in [1.807, 2.05) is 0 Å². The molecule has 86 valence electrons. The van der Waals surface area contributed by atoms with Crippen molar-refractivity contribution in [1.82, 2.24) is 9.78 Å². The smallest absolute Gasteiger partial charge is 0.388 e. The Hall–Kier alpha value is -1.34. The summed E-state index contributed by atoms with van der Waals surface area (Å²) in [6.07, 6.45) is -6.67. The van der Waals surface area contributed by atoms with Crippen LogP contribution in [0.25, 0.3) is 0 Å². The zero-order valence-corrected chi connectivity index (χ0v) is 7.55. The molecule has 0 spiro atoms. The van der Waals surface area contributed by atoms with Crippen LogP contribution in [0.2, 0.25) is 0 Å². The highest BCUT2D eigenvalue weighted by Gasteiger charge is 2.33. The predicted molar refractivity (Wildman–Crippen MR) is 39.7 cm³/mol. The lowest BCUT2D eigenvalue weighted by Gasteiger charge is -2.11. The molecule has 0 saturated heterocycles. The zero-order chi connectivity index (χ0) is 11.6. The van der Waals surface area contributed by atoms with Crippen LogP contribution < -0.4 is 4.74 Å². The van der Waals surface area contributed by atoms with E-state index < -0.39 is 25.2 Å². The van der Waals surface area contributed by atoms with Gasteiger partial charge in [0.25, 0.3) is 6.43 Å². The lowest BCUT2D eigenvalue weighted by Crippen LogP contribution is -2.21. The summed E-state index contributed by atoms with van der Waals surface area (Å²) in [5.41, 5.74) is 0.0491. The third-order valence-corrected chi connectivity index (χ3v) is 1.49. The van der Waals surface area contributed by atoms with Crippen molar-refractivity contribution < 1.29 is 26.7 Å². The molecular formula is C7H7F5N2O. The molecule has 8 heteroatoms. The molecule has 0 fully saturated rings. The topological polar surface area (TPSA) is 27.1 Å². The van der Waals surface area contributed by atoms with Crippen molar-refractivity contribution in [2.45, 2.75) is 26.3 Å². The normalized spacial score (nSPS) is 12.2. The SMILES string of the molecule is Cc1cnn(CC(F)F)c1OC(F)(F)F. The third kappa shape index (κ3) is 3.37. The predicted octanol–water partition coefficient (Wildman–Crippen LogP) is 2.36. The van der Waals surface area contributed by atoms with E-state index in [1.54, 1.807) is 0 Å². The van der Waals surface area contributed by atoms with Crippen LogP contribution in [0.15, 0.2) is 6.20 Å². The quantitative estimate of drug-likeness (QED) is 0.745. The molecule has 0 saturated carbocycles. The van der Waals surface area contributed by atoms with Gasteiger partial charge in [0, 0.05) is 5.56 Å². The van der Waals surface area contributed by atoms with Crippen LogP contribution in [0.1, 0.15) is 5.56 Å². The first kappa shape index (κ1) is 11.7. The highest BCUT2D eigenvalue weighted by molar-refractivity contribution is 5.22. The molecule has 1 rings (SSSR count). The van der Waals surface area contributed by atoms with Crippen molar-refractivity contribution in [3.63, 3.8) is 0 Å². The monoisotopic (exact) mass is 230 g/mol. The van der Waals surface area contributed by atoms with Crippen LogP contribution in [-0.4, -0.2) is 22.6 Å². The van der Waals surface area contributed by atoms with E-state index >= 15 is 0 Å². The summed E-state index contributed by atoms with van der Waals surface area (Å²) in [5, 5.41) is 3.35. The largest absolute Gasteiger partial charge is 0.574 e. The summed E-state index contributed by atoms with van der Waals surface area (Å²) < 4.78 is 63.5. The third-order valence-electron chi connectivity index (χ3n) is 1.49. The Labute approximate surface area is 81.4 Å². The molecule has 0 amide bonds. The summed E-state index contributed by atoms with van der Waals surface area (Å²) in [6.45, 7) is 0.356. The van der Waals surface area contributed by atoms with Crippen LogP contribution in [-0.2, 0) is 6.54 Å². The Morgan fingerprint density at radius 2 is 2.07 bits per heavy atom. The molecule has 0 aliphatic heterocycles. The fraction of sp³-hybridized carbons (Fsp3) is 0.571. The van der Waals surface area contributed by atoms with Gasteiger partial charge in [-0.1, -0.05) is 0 Å². The van der Waals surface area contributed by atoms with Crippen molar-refractivity contribution in [2.24, 2.45) is 0 Å². The number of rotatable bonds is 3. The molecule has 0 aliphatic carbocycles. The first-order valence-corrected chi connectivity index (χ1v) is 3.86. The van der Waals surface area contributed by atoms with E-state index in [9.17, 15) is 22.0 Å². The number of aryl methyl sites for hydroxylation is 1. The van der Waals surface area contributed by atoms with E-state index in [2.05, 4.69) is 9.84 Å². The van der Waals surface area contributed by atoms with Crippen LogP contribution >= 0.6 is 0 Å².